The Morgan fingerprint density at radius 2 is 2.12 bits per heavy atom. The maximum absolute atomic E-state index is 5.26. The predicted molar refractivity (Wildman–Crippen MR) is 114 cm³/mol. The van der Waals surface area contributed by atoms with Crippen LogP contribution in [-0.4, -0.2) is 36.1 Å². The molecule has 0 spiro atoms. The summed E-state index contributed by atoms with van der Waals surface area (Å²) in [7, 11) is 1.62. The topological polar surface area (TPSA) is 71.4 Å². The lowest BCUT2D eigenvalue weighted by Gasteiger charge is -2.11. The number of rotatable bonds is 7. The molecule has 0 bridgehead atoms. The highest BCUT2D eigenvalue weighted by atomic mass is 127. The van der Waals surface area contributed by atoms with E-state index >= 15 is 0 Å². The van der Waals surface area contributed by atoms with Gasteiger partial charge in [0, 0.05) is 36.1 Å². The number of aryl methyl sites for hydroxylation is 2. The summed E-state index contributed by atoms with van der Waals surface area (Å²) in [5.74, 6) is 1.40. The van der Waals surface area contributed by atoms with Crippen LogP contribution in [-0.2, 0) is 13.0 Å². The number of pyridine rings is 1. The summed E-state index contributed by atoms with van der Waals surface area (Å²) >= 11 is 1.76. The van der Waals surface area contributed by atoms with Crippen LogP contribution in [0.4, 0.5) is 0 Å². The Labute approximate surface area is 170 Å². The SMILES string of the molecule is CCNC(=NCc1cccnc1OC)NCCc1nc(C)c(C)s1.I. The van der Waals surface area contributed by atoms with E-state index in [0.717, 1.165) is 41.7 Å². The van der Waals surface area contributed by atoms with Gasteiger partial charge in [0.2, 0.25) is 5.88 Å². The first-order valence-corrected chi connectivity index (χ1v) is 8.88. The average Bonchev–Trinajstić information content (AvgIpc) is 2.91. The molecule has 0 aliphatic heterocycles. The molecule has 6 nitrogen and oxygen atoms in total. The van der Waals surface area contributed by atoms with Gasteiger partial charge in [0.25, 0.3) is 0 Å². The van der Waals surface area contributed by atoms with Gasteiger partial charge in [-0.25, -0.2) is 15.0 Å². The number of ether oxygens (including phenoxy) is 1. The van der Waals surface area contributed by atoms with Crippen LogP contribution >= 0.6 is 35.3 Å². The average molecular weight is 475 g/mol. The molecule has 2 heterocycles. The zero-order valence-corrected chi connectivity index (χ0v) is 18.3. The number of thiazole rings is 1. The van der Waals surface area contributed by atoms with Crippen LogP contribution in [0.25, 0.3) is 0 Å². The second-order valence-corrected chi connectivity index (χ2v) is 6.58. The van der Waals surface area contributed by atoms with Crippen molar-refractivity contribution < 1.29 is 4.74 Å². The summed E-state index contributed by atoms with van der Waals surface area (Å²) in [5, 5.41) is 7.76. The molecule has 0 unspecified atom stereocenters. The molecule has 0 fully saturated rings. The van der Waals surface area contributed by atoms with Gasteiger partial charge in [0.05, 0.1) is 24.4 Å². The van der Waals surface area contributed by atoms with E-state index in [2.05, 4.69) is 46.4 Å². The van der Waals surface area contributed by atoms with Crippen molar-refractivity contribution in [2.24, 2.45) is 4.99 Å². The molecule has 138 valence electrons. The Bertz CT molecular complexity index is 670. The third-order valence-corrected chi connectivity index (χ3v) is 4.63. The highest BCUT2D eigenvalue weighted by molar-refractivity contribution is 14.0. The molecule has 2 N–H and O–H groups in total. The Kier molecular flexibility index (Phi) is 9.73. The van der Waals surface area contributed by atoms with Gasteiger partial charge in [0.1, 0.15) is 0 Å². The highest BCUT2D eigenvalue weighted by Crippen LogP contribution is 2.16. The number of aromatic nitrogens is 2. The molecule has 2 aromatic rings. The molecule has 0 aliphatic rings. The number of nitrogens with one attached hydrogen (secondary N) is 2. The van der Waals surface area contributed by atoms with Crippen LogP contribution in [0, 0.1) is 13.8 Å². The summed E-state index contributed by atoms with van der Waals surface area (Å²) in [6.07, 6.45) is 2.60. The minimum atomic E-state index is 0. The molecular formula is C17H26IN5OS. The number of guanidine groups is 1. The van der Waals surface area contributed by atoms with Crippen LogP contribution < -0.4 is 15.4 Å². The molecule has 0 aliphatic carbocycles. The van der Waals surface area contributed by atoms with Crippen molar-refractivity contribution in [1.82, 2.24) is 20.6 Å². The van der Waals surface area contributed by atoms with Crippen molar-refractivity contribution in [1.29, 1.82) is 0 Å². The number of methoxy groups -OCH3 is 1. The van der Waals surface area contributed by atoms with E-state index < -0.39 is 0 Å². The minimum Gasteiger partial charge on any atom is -0.481 e. The first-order chi connectivity index (χ1) is 11.6. The summed E-state index contributed by atoms with van der Waals surface area (Å²) < 4.78 is 5.26. The van der Waals surface area contributed by atoms with Gasteiger partial charge < -0.3 is 15.4 Å². The molecular weight excluding hydrogens is 449 g/mol. The van der Waals surface area contributed by atoms with Crippen LogP contribution in [0.15, 0.2) is 23.3 Å². The predicted octanol–water partition coefficient (Wildman–Crippen LogP) is 3.08. The third-order valence-electron chi connectivity index (χ3n) is 3.50. The van der Waals surface area contributed by atoms with Crippen molar-refractivity contribution in [3.05, 3.63) is 39.5 Å². The maximum atomic E-state index is 5.26. The molecule has 0 radical (unpaired) electrons. The molecule has 0 aromatic carbocycles. The van der Waals surface area contributed by atoms with Gasteiger partial charge in [0.15, 0.2) is 5.96 Å². The zero-order chi connectivity index (χ0) is 17.4. The lowest BCUT2D eigenvalue weighted by molar-refractivity contribution is 0.392. The highest BCUT2D eigenvalue weighted by Gasteiger charge is 2.05. The van der Waals surface area contributed by atoms with Gasteiger partial charge in [-0.3, -0.25) is 0 Å². The summed E-state index contributed by atoms with van der Waals surface area (Å²) in [4.78, 5) is 14.6. The first kappa shape index (κ1) is 21.6. The Morgan fingerprint density at radius 1 is 1.32 bits per heavy atom. The molecule has 2 aromatic heterocycles. The standard InChI is InChI=1S/C17H25N5OS.HI/c1-5-18-17(20-10-8-15-22-12(2)13(3)24-15)21-11-14-7-6-9-19-16(14)23-4;/h6-7,9H,5,8,10-11H2,1-4H3,(H2,18,20,21);1H. The van der Waals surface area contributed by atoms with Crippen LogP contribution in [0.3, 0.4) is 0 Å². The molecule has 0 saturated carbocycles. The zero-order valence-electron chi connectivity index (χ0n) is 15.1. The van der Waals surface area contributed by atoms with Crippen molar-refractivity contribution in [3.63, 3.8) is 0 Å². The van der Waals surface area contributed by atoms with E-state index in [1.165, 1.54) is 4.88 Å². The van der Waals surface area contributed by atoms with Gasteiger partial charge in [-0.15, -0.1) is 35.3 Å². The lowest BCUT2D eigenvalue weighted by Crippen LogP contribution is -2.38. The van der Waals surface area contributed by atoms with Crippen molar-refractivity contribution in [2.45, 2.75) is 33.7 Å². The fourth-order valence-corrected chi connectivity index (χ4v) is 3.10. The van der Waals surface area contributed by atoms with Crippen LogP contribution in [0.2, 0.25) is 0 Å². The maximum Gasteiger partial charge on any atom is 0.218 e. The smallest absolute Gasteiger partial charge is 0.218 e. The van der Waals surface area contributed by atoms with Crippen molar-refractivity contribution >= 4 is 41.3 Å². The van der Waals surface area contributed by atoms with E-state index in [-0.39, 0.29) is 24.0 Å². The number of nitrogens with zero attached hydrogens (tertiary/aromatic N) is 3. The van der Waals surface area contributed by atoms with Gasteiger partial charge in [-0.05, 0) is 26.8 Å². The van der Waals surface area contributed by atoms with E-state index in [1.807, 2.05) is 12.1 Å². The fraction of sp³-hybridized carbons (Fsp3) is 0.471. The van der Waals surface area contributed by atoms with E-state index in [9.17, 15) is 0 Å². The number of halogens is 1. The van der Waals surface area contributed by atoms with E-state index in [4.69, 9.17) is 4.74 Å². The van der Waals surface area contributed by atoms with Gasteiger partial charge >= 0.3 is 0 Å². The van der Waals surface area contributed by atoms with Crippen molar-refractivity contribution in [2.75, 3.05) is 20.2 Å². The molecule has 25 heavy (non-hydrogen) atoms. The Hall–Kier alpha value is -1.42. The van der Waals surface area contributed by atoms with Crippen molar-refractivity contribution in [3.8, 4) is 5.88 Å². The first-order valence-electron chi connectivity index (χ1n) is 8.07. The monoisotopic (exact) mass is 475 g/mol. The van der Waals surface area contributed by atoms with E-state index in [1.54, 1.807) is 24.6 Å². The molecule has 0 saturated heterocycles. The number of hydrogen-bond acceptors (Lipinski definition) is 5. The van der Waals surface area contributed by atoms with E-state index in [0.29, 0.717) is 12.4 Å². The second-order valence-electron chi connectivity index (χ2n) is 5.29. The summed E-state index contributed by atoms with van der Waals surface area (Å²) in [5.41, 5.74) is 2.09. The second kappa shape index (κ2) is 11.2. The van der Waals surface area contributed by atoms with Gasteiger partial charge in [-0.1, -0.05) is 6.07 Å². The molecule has 0 amide bonds. The number of aliphatic imine (C=N–C) groups is 1. The minimum absolute atomic E-state index is 0. The van der Waals surface area contributed by atoms with Gasteiger partial charge in [-0.2, -0.15) is 0 Å². The largest absolute Gasteiger partial charge is 0.481 e. The van der Waals surface area contributed by atoms with Crippen LogP contribution in [0.5, 0.6) is 5.88 Å². The quantitative estimate of drug-likeness (QED) is 0.366. The molecule has 2 rings (SSSR count). The lowest BCUT2D eigenvalue weighted by atomic mass is 10.3. The summed E-state index contributed by atoms with van der Waals surface area (Å²) in [6, 6.07) is 3.86. The Balaban J connectivity index is 0.00000312. The molecule has 0 atom stereocenters. The summed E-state index contributed by atoms with van der Waals surface area (Å²) in [6.45, 7) is 8.33. The van der Waals surface area contributed by atoms with Crippen LogP contribution in [0.1, 0.15) is 28.1 Å². The normalized spacial score (nSPS) is 11.0. The fourth-order valence-electron chi connectivity index (χ4n) is 2.17. The Morgan fingerprint density at radius 3 is 2.76 bits per heavy atom. The number of hydrogen-bond donors (Lipinski definition) is 2. The molecule has 8 heteroatoms. The third kappa shape index (κ3) is 6.77.